The largest absolute Gasteiger partial charge is 0.392 e. The molecule has 0 unspecified atom stereocenters. The maximum atomic E-state index is 9.47. The van der Waals surface area contributed by atoms with Gasteiger partial charge in [-0.25, -0.2) is 0 Å². The van der Waals surface area contributed by atoms with E-state index in [1.807, 2.05) is 36.4 Å². The summed E-state index contributed by atoms with van der Waals surface area (Å²) in [6.45, 7) is 0.0532. The van der Waals surface area contributed by atoms with E-state index < -0.39 is 0 Å². The van der Waals surface area contributed by atoms with E-state index >= 15 is 0 Å². The highest BCUT2D eigenvalue weighted by atomic mass is 16.3. The Morgan fingerprint density at radius 2 is 0.700 bits per heavy atom. The van der Waals surface area contributed by atoms with Gasteiger partial charge in [0.25, 0.3) is 0 Å². The molecule has 0 heterocycles. The summed E-state index contributed by atoms with van der Waals surface area (Å²) in [7, 11) is 0. The van der Waals surface area contributed by atoms with Gasteiger partial charge >= 0.3 is 0 Å². The van der Waals surface area contributed by atoms with E-state index in [-0.39, 0.29) is 13.2 Å². The van der Waals surface area contributed by atoms with Gasteiger partial charge < -0.3 is 10.2 Å². The monoisotopic (exact) mass is 392 g/mol. The zero-order chi connectivity index (χ0) is 20.8. The van der Waals surface area contributed by atoms with E-state index in [4.69, 9.17) is 0 Å². The third kappa shape index (κ3) is 4.25. The zero-order valence-corrected chi connectivity index (χ0v) is 16.7. The van der Waals surface area contributed by atoms with Crippen LogP contribution in [0.3, 0.4) is 0 Å². The summed E-state index contributed by atoms with van der Waals surface area (Å²) in [5.41, 5.74) is 8.45. The van der Waals surface area contributed by atoms with Crippen molar-refractivity contribution in [1.29, 1.82) is 0 Å². The Hall–Kier alpha value is -3.46. The Kier molecular flexibility index (Phi) is 6.19. The third-order valence-electron chi connectivity index (χ3n) is 5.23. The van der Waals surface area contributed by atoms with Crippen molar-refractivity contribution in [2.24, 2.45) is 0 Å². The topological polar surface area (TPSA) is 40.5 Å². The fourth-order valence-electron chi connectivity index (χ4n) is 3.67. The van der Waals surface area contributed by atoms with Gasteiger partial charge in [0, 0.05) is 0 Å². The molecule has 0 aliphatic carbocycles. The number of aliphatic hydroxyl groups is 2. The standard InChI is InChI=1S/C28H24O2/c29-19-21-11-15-25(16-12-21)27(23-7-3-1-4-8-23)28(24-9-5-2-6-10-24)26-17-13-22(20-30)14-18-26/h1-18,29-30H,19-20H2/b28-27-. The summed E-state index contributed by atoms with van der Waals surface area (Å²) in [6.07, 6.45) is 0. The molecule has 2 heteroatoms. The lowest BCUT2D eigenvalue weighted by molar-refractivity contribution is 0.281. The molecule has 2 N–H and O–H groups in total. The molecule has 148 valence electrons. The quantitative estimate of drug-likeness (QED) is 0.415. The second kappa shape index (κ2) is 9.36. The van der Waals surface area contributed by atoms with Gasteiger partial charge in [-0.2, -0.15) is 0 Å². The molecule has 4 aromatic rings. The van der Waals surface area contributed by atoms with Gasteiger partial charge in [0.15, 0.2) is 0 Å². The molecule has 0 aliphatic rings. The van der Waals surface area contributed by atoms with Gasteiger partial charge in [0.1, 0.15) is 0 Å². The van der Waals surface area contributed by atoms with Crippen LogP contribution in [0.2, 0.25) is 0 Å². The van der Waals surface area contributed by atoms with Crippen LogP contribution in [0.5, 0.6) is 0 Å². The van der Waals surface area contributed by atoms with Gasteiger partial charge in [-0.3, -0.25) is 0 Å². The predicted molar refractivity (Wildman–Crippen MR) is 123 cm³/mol. The Labute approximate surface area is 177 Å². The van der Waals surface area contributed by atoms with Crippen LogP contribution in [0.25, 0.3) is 11.1 Å². The fraction of sp³-hybridized carbons (Fsp3) is 0.0714. The normalized spacial score (nSPS) is 11.8. The van der Waals surface area contributed by atoms with Crippen molar-refractivity contribution in [3.05, 3.63) is 143 Å². The van der Waals surface area contributed by atoms with E-state index in [1.165, 1.54) is 0 Å². The average Bonchev–Trinajstić information content (AvgIpc) is 2.84. The number of rotatable bonds is 6. The van der Waals surface area contributed by atoms with Gasteiger partial charge in [-0.15, -0.1) is 0 Å². The number of hydrogen-bond acceptors (Lipinski definition) is 2. The van der Waals surface area contributed by atoms with Crippen molar-refractivity contribution in [3.63, 3.8) is 0 Å². The van der Waals surface area contributed by atoms with Crippen molar-refractivity contribution in [1.82, 2.24) is 0 Å². The second-order valence-corrected chi connectivity index (χ2v) is 7.19. The molecule has 0 saturated carbocycles. The summed E-state index contributed by atoms with van der Waals surface area (Å²) in [5, 5.41) is 18.9. The Balaban J connectivity index is 2.03. The molecule has 0 amide bonds. The molecule has 0 saturated heterocycles. The molecular weight excluding hydrogens is 368 g/mol. The molecule has 0 spiro atoms. The highest BCUT2D eigenvalue weighted by molar-refractivity contribution is 6.04. The first-order valence-corrected chi connectivity index (χ1v) is 10.1. The summed E-state index contributed by atoms with van der Waals surface area (Å²) in [5.74, 6) is 0. The minimum absolute atomic E-state index is 0.0266. The van der Waals surface area contributed by atoms with Crippen molar-refractivity contribution in [2.75, 3.05) is 0 Å². The van der Waals surface area contributed by atoms with Crippen molar-refractivity contribution >= 4 is 11.1 Å². The lowest BCUT2D eigenvalue weighted by Gasteiger charge is -2.18. The smallest absolute Gasteiger partial charge is 0.0681 e. The van der Waals surface area contributed by atoms with E-state index in [2.05, 4.69) is 72.8 Å². The average molecular weight is 392 g/mol. The Morgan fingerprint density at radius 3 is 1.00 bits per heavy atom. The first-order valence-electron chi connectivity index (χ1n) is 10.1. The number of aliphatic hydroxyl groups excluding tert-OH is 2. The van der Waals surface area contributed by atoms with E-state index in [0.717, 1.165) is 44.5 Å². The Morgan fingerprint density at radius 1 is 0.400 bits per heavy atom. The fourth-order valence-corrected chi connectivity index (χ4v) is 3.67. The molecule has 0 radical (unpaired) electrons. The lowest BCUT2D eigenvalue weighted by atomic mass is 9.85. The minimum Gasteiger partial charge on any atom is -0.392 e. The molecule has 0 aromatic heterocycles. The number of benzene rings is 4. The van der Waals surface area contributed by atoms with Crippen molar-refractivity contribution in [3.8, 4) is 0 Å². The van der Waals surface area contributed by atoms with Gasteiger partial charge in [-0.1, -0.05) is 109 Å². The van der Waals surface area contributed by atoms with E-state index in [1.54, 1.807) is 0 Å². The molecular formula is C28H24O2. The second-order valence-electron chi connectivity index (χ2n) is 7.19. The van der Waals surface area contributed by atoms with Crippen LogP contribution in [-0.2, 0) is 13.2 Å². The first-order chi connectivity index (χ1) is 14.8. The van der Waals surface area contributed by atoms with Crippen LogP contribution in [0, 0.1) is 0 Å². The maximum absolute atomic E-state index is 9.47. The van der Waals surface area contributed by atoms with Crippen LogP contribution in [0.15, 0.2) is 109 Å². The summed E-state index contributed by atoms with van der Waals surface area (Å²) < 4.78 is 0. The third-order valence-corrected chi connectivity index (χ3v) is 5.23. The molecule has 0 aliphatic heterocycles. The summed E-state index contributed by atoms with van der Waals surface area (Å²) in [6, 6.07) is 36.9. The van der Waals surface area contributed by atoms with Crippen LogP contribution in [-0.4, -0.2) is 10.2 Å². The lowest BCUT2D eigenvalue weighted by Crippen LogP contribution is -1.98. The van der Waals surface area contributed by atoms with Gasteiger partial charge in [0.05, 0.1) is 13.2 Å². The van der Waals surface area contributed by atoms with Gasteiger partial charge in [-0.05, 0) is 44.5 Å². The minimum atomic E-state index is 0.0266. The molecule has 2 nitrogen and oxygen atoms in total. The zero-order valence-electron chi connectivity index (χ0n) is 16.7. The highest BCUT2D eigenvalue weighted by Crippen LogP contribution is 2.37. The molecule has 4 rings (SSSR count). The van der Waals surface area contributed by atoms with Crippen LogP contribution < -0.4 is 0 Å². The molecule has 0 atom stereocenters. The SMILES string of the molecule is OCc1ccc(/C(=C(/c2ccccc2)c2ccc(CO)cc2)c2ccccc2)cc1. The Bertz CT molecular complexity index is 1020. The van der Waals surface area contributed by atoms with Crippen molar-refractivity contribution in [2.45, 2.75) is 13.2 Å². The number of hydrogen-bond donors (Lipinski definition) is 2. The van der Waals surface area contributed by atoms with Gasteiger partial charge in [0.2, 0.25) is 0 Å². The van der Waals surface area contributed by atoms with Crippen LogP contribution in [0.4, 0.5) is 0 Å². The van der Waals surface area contributed by atoms with E-state index in [9.17, 15) is 10.2 Å². The molecule has 30 heavy (non-hydrogen) atoms. The van der Waals surface area contributed by atoms with Crippen LogP contribution >= 0.6 is 0 Å². The molecule has 4 aromatic carbocycles. The van der Waals surface area contributed by atoms with Crippen molar-refractivity contribution < 1.29 is 10.2 Å². The van der Waals surface area contributed by atoms with Crippen LogP contribution in [0.1, 0.15) is 33.4 Å². The predicted octanol–water partition coefficient (Wildman–Crippen LogP) is 5.68. The molecule has 0 fully saturated rings. The maximum Gasteiger partial charge on any atom is 0.0681 e. The van der Waals surface area contributed by atoms with E-state index in [0.29, 0.717) is 0 Å². The summed E-state index contributed by atoms with van der Waals surface area (Å²) in [4.78, 5) is 0. The summed E-state index contributed by atoms with van der Waals surface area (Å²) >= 11 is 0. The highest BCUT2D eigenvalue weighted by Gasteiger charge is 2.16. The first kappa shape index (κ1) is 19.8. The molecule has 0 bridgehead atoms.